The van der Waals surface area contributed by atoms with Gasteiger partial charge >= 0.3 is 5.69 Å². The van der Waals surface area contributed by atoms with Crippen LogP contribution in [0.1, 0.15) is 20.8 Å². The Bertz CT molecular complexity index is 1370. The van der Waals surface area contributed by atoms with E-state index >= 15 is 0 Å². The molecule has 0 atom stereocenters. The molecule has 0 unspecified atom stereocenters. The van der Waals surface area contributed by atoms with Crippen LogP contribution in [0.4, 0.5) is 0 Å². The lowest BCUT2D eigenvalue weighted by molar-refractivity contribution is 0.0972. The van der Waals surface area contributed by atoms with Crippen LogP contribution in [-0.2, 0) is 6.54 Å². The van der Waals surface area contributed by atoms with Crippen molar-refractivity contribution in [2.24, 2.45) is 0 Å². The lowest BCUT2D eigenvalue weighted by Crippen LogP contribution is -2.39. The van der Waals surface area contributed by atoms with Gasteiger partial charge in [0, 0.05) is 15.5 Å². The number of hydrogen-bond acceptors (Lipinski definition) is 4. The molecule has 2 heterocycles. The van der Waals surface area contributed by atoms with Gasteiger partial charge in [-0.3, -0.25) is 14.2 Å². The maximum Gasteiger partial charge on any atom is 0.337 e. The van der Waals surface area contributed by atoms with Crippen molar-refractivity contribution >= 4 is 38.9 Å². The van der Waals surface area contributed by atoms with Gasteiger partial charge in [0.1, 0.15) is 4.83 Å². The van der Waals surface area contributed by atoms with Gasteiger partial charge in [0.05, 0.1) is 17.6 Å². The fourth-order valence-electron chi connectivity index (χ4n) is 3.30. The lowest BCUT2D eigenvalue weighted by atomic mass is 10.1. The Morgan fingerprint density at radius 1 is 1.03 bits per heavy atom. The Kier molecular flexibility index (Phi) is 4.98. The standard InChI is InChI=1S/C22H17ClN2O3S/c1-13-14(2)29-21-19(13)20(27)25(17-10-6-9-16(23)11-17)22(28)24(21)12-18(26)15-7-4-3-5-8-15/h3-11H,12H2,1-2H3. The quantitative estimate of drug-likeness (QED) is 0.457. The fourth-order valence-corrected chi connectivity index (χ4v) is 4.62. The number of carbonyl (C=O) groups excluding carboxylic acids is 1. The van der Waals surface area contributed by atoms with Crippen LogP contribution in [0.5, 0.6) is 0 Å². The van der Waals surface area contributed by atoms with E-state index in [1.54, 1.807) is 48.5 Å². The third kappa shape index (κ3) is 3.34. The second kappa shape index (κ2) is 7.46. The highest BCUT2D eigenvalue weighted by atomic mass is 35.5. The first kappa shape index (κ1) is 19.4. The summed E-state index contributed by atoms with van der Waals surface area (Å²) in [4.78, 5) is 40.8. The van der Waals surface area contributed by atoms with E-state index in [0.717, 1.165) is 15.0 Å². The fraction of sp³-hybridized carbons (Fsp3) is 0.136. The summed E-state index contributed by atoms with van der Waals surface area (Å²) in [6, 6.07) is 15.4. The molecule has 0 radical (unpaired) electrons. The Hall–Kier alpha value is -2.96. The lowest BCUT2D eigenvalue weighted by Gasteiger charge is -2.12. The molecule has 0 aliphatic rings. The van der Waals surface area contributed by atoms with Crippen molar-refractivity contribution in [2.45, 2.75) is 20.4 Å². The van der Waals surface area contributed by atoms with Crippen molar-refractivity contribution in [1.29, 1.82) is 0 Å². The summed E-state index contributed by atoms with van der Waals surface area (Å²) < 4.78 is 2.48. The summed E-state index contributed by atoms with van der Waals surface area (Å²) in [6.45, 7) is 3.60. The number of aryl methyl sites for hydroxylation is 2. The molecule has 0 saturated heterocycles. The molecular weight excluding hydrogens is 408 g/mol. The third-order valence-corrected chi connectivity index (χ3v) is 6.38. The zero-order chi connectivity index (χ0) is 20.7. The predicted molar refractivity (Wildman–Crippen MR) is 117 cm³/mol. The smallest absolute Gasteiger partial charge is 0.292 e. The molecule has 0 aliphatic heterocycles. The predicted octanol–water partition coefficient (Wildman–Crippen LogP) is 4.37. The maximum atomic E-state index is 13.3. The van der Waals surface area contributed by atoms with E-state index in [1.807, 2.05) is 19.9 Å². The van der Waals surface area contributed by atoms with E-state index in [1.165, 1.54) is 15.9 Å². The minimum atomic E-state index is -0.560. The minimum absolute atomic E-state index is 0.153. The van der Waals surface area contributed by atoms with Gasteiger partial charge in [0.2, 0.25) is 0 Å². The number of rotatable bonds is 4. The van der Waals surface area contributed by atoms with E-state index < -0.39 is 11.2 Å². The molecule has 5 nitrogen and oxygen atoms in total. The molecule has 0 N–H and O–H groups in total. The summed E-state index contributed by atoms with van der Waals surface area (Å²) in [6.07, 6.45) is 0. The number of hydrogen-bond donors (Lipinski definition) is 0. The molecular formula is C22H17ClN2O3S. The molecule has 0 amide bonds. The minimum Gasteiger partial charge on any atom is -0.292 e. The highest BCUT2D eigenvalue weighted by Crippen LogP contribution is 2.27. The largest absolute Gasteiger partial charge is 0.337 e. The molecule has 2 aromatic heterocycles. The Balaban J connectivity index is 2.01. The van der Waals surface area contributed by atoms with Crippen LogP contribution in [0, 0.1) is 13.8 Å². The van der Waals surface area contributed by atoms with Crippen LogP contribution in [0.15, 0.2) is 64.2 Å². The van der Waals surface area contributed by atoms with Crippen LogP contribution in [0.25, 0.3) is 15.9 Å². The molecule has 4 aromatic rings. The van der Waals surface area contributed by atoms with E-state index in [4.69, 9.17) is 11.6 Å². The van der Waals surface area contributed by atoms with Crippen LogP contribution in [0.2, 0.25) is 5.02 Å². The molecule has 0 bridgehead atoms. The van der Waals surface area contributed by atoms with Crippen LogP contribution in [-0.4, -0.2) is 14.9 Å². The molecule has 0 saturated carbocycles. The van der Waals surface area contributed by atoms with Gasteiger partial charge in [0.15, 0.2) is 5.78 Å². The second-order valence-electron chi connectivity index (χ2n) is 6.74. The monoisotopic (exact) mass is 424 g/mol. The first-order chi connectivity index (χ1) is 13.9. The molecule has 29 heavy (non-hydrogen) atoms. The van der Waals surface area contributed by atoms with Crippen LogP contribution in [0.3, 0.4) is 0 Å². The molecule has 4 rings (SSSR count). The average Bonchev–Trinajstić information content (AvgIpc) is 3.00. The SMILES string of the molecule is Cc1sc2c(c1C)c(=O)n(-c1cccc(Cl)c1)c(=O)n2CC(=O)c1ccccc1. The van der Waals surface area contributed by atoms with E-state index in [9.17, 15) is 14.4 Å². The molecule has 7 heteroatoms. The number of fused-ring (bicyclic) bond motifs is 1. The first-order valence-corrected chi connectivity index (χ1v) is 10.2. The summed E-state index contributed by atoms with van der Waals surface area (Å²) in [7, 11) is 0. The van der Waals surface area contributed by atoms with Gasteiger partial charge in [-0.25, -0.2) is 9.36 Å². The van der Waals surface area contributed by atoms with Gasteiger partial charge in [-0.05, 0) is 37.6 Å². The molecule has 146 valence electrons. The van der Waals surface area contributed by atoms with Crippen molar-refractivity contribution in [1.82, 2.24) is 9.13 Å². The van der Waals surface area contributed by atoms with Crippen LogP contribution < -0.4 is 11.2 Å². The summed E-state index contributed by atoms with van der Waals surface area (Å²) in [5, 5.41) is 0.868. The van der Waals surface area contributed by atoms with Crippen molar-refractivity contribution in [3.05, 3.63) is 96.5 Å². The molecule has 0 spiro atoms. The number of aromatic nitrogens is 2. The number of benzene rings is 2. The highest BCUT2D eigenvalue weighted by Gasteiger charge is 2.21. The number of nitrogens with zero attached hydrogens (tertiary/aromatic N) is 2. The first-order valence-electron chi connectivity index (χ1n) is 8.98. The maximum absolute atomic E-state index is 13.3. The van der Waals surface area contributed by atoms with E-state index in [2.05, 4.69) is 0 Å². The van der Waals surface area contributed by atoms with E-state index in [-0.39, 0.29) is 12.3 Å². The number of carbonyl (C=O) groups is 1. The molecule has 2 aromatic carbocycles. The molecule has 0 fully saturated rings. The van der Waals surface area contributed by atoms with Crippen molar-refractivity contribution in [3.8, 4) is 5.69 Å². The van der Waals surface area contributed by atoms with Crippen molar-refractivity contribution < 1.29 is 4.79 Å². The van der Waals surface area contributed by atoms with Gasteiger partial charge < -0.3 is 0 Å². The second-order valence-corrected chi connectivity index (χ2v) is 8.38. The summed E-state index contributed by atoms with van der Waals surface area (Å²) in [5.74, 6) is -0.200. The molecule has 0 aliphatic carbocycles. The summed E-state index contributed by atoms with van der Waals surface area (Å²) >= 11 is 7.43. The number of thiophene rings is 1. The van der Waals surface area contributed by atoms with Gasteiger partial charge in [-0.2, -0.15) is 0 Å². The van der Waals surface area contributed by atoms with Gasteiger partial charge in [-0.1, -0.05) is 48.0 Å². The summed E-state index contributed by atoms with van der Waals surface area (Å²) in [5.41, 5.74) is 0.733. The number of Topliss-reactive ketones (excluding diaryl/α,β-unsaturated/α-hetero) is 1. The Morgan fingerprint density at radius 2 is 1.76 bits per heavy atom. The number of halogens is 1. The average molecular weight is 425 g/mol. The zero-order valence-electron chi connectivity index (χ0n) is 15.8. The third-order valence-electron chi connectivity index (χ3n) is 4.91. The normalized spacial score (nSPS) is 11.1. The van der Waals surface area contributed by atoms with Crippen molar-refractivity contribution in [3.63, 3.8) is 0 Å². The van der Waals surface area contributed by atoms with Gasteiger partial charge in [0.25, 0.3) is 5.56 Å². The number of ketones is 1. The highest BCUT2D eigenvalue weighted by molar-refractivity contribution is 7.18. The van der Waals surface area contributed by atoms with Gasteiger partial charge in [-0.15, -0.1) is 11.3 Å². The van der Waals surface area contributed by atoms with Crippen molar-refractivity contribution in [2.75, 3.05) is 0 Å². The van der Waals surface area contributed by atoms with Crippen LogP contribution >= 0.6 is 22.9 Å². The Labute approximate surface area is 175 Å². The topological polar surface area (TPSA) is 61.1 Å². The van der Waals surface area contributed by atoms with E-state index in [0.29, 0.717) is 26.5 Å². The Morgan fingerprint density at radius 3 is 2.45 bits per heavy atom. The zero-order valence-corrected chi connectivity index (χ0v) is 17.4.